The number of nitrogens with one attached hydrogen (secondary N) is 1. The van der Waals surface area contributed by atoms with Crippen molar-refractivity contribution in [3.63, 3.8) is 0 Å². The second kappa shape index (κ2) is 7.30. The van der Waals surface area contributed by atoms with E-state index in [-0.39, 0.29) is 11.3 Å². The first kappa shape index (κ1) is 18.1. The van der Waals surface area contributed by atoms with Gasteiger partial charge in [-0.1, -0.05) is 20.8 Å². The van der Waals surface area contributed by atoms with Gasteiger partial charge in [0, 0.05) is 39.3 Å². The second-order valence-electron chi connectivity index (χ2n) is 8.08. The molecule has 2 atom stereocenters. The van der Waals surface area contributed by atoms with Gasteiger partial charge in [0.15, 0.2) is 0 Å². The Kier molecular flexibility index (Phi) is 5.29. The van der Waals surface area contributed by atoms with Crippen molar-refractivity contribution in [1.82, 2.24) is 15.2 Å². The lowest BCUT2D eigenvalue weighted by molar-refractivity contribution is 0.0260. The molecule has 0 spiro atoms. The fourth-order valence-electron chi connectivity index (χ4n) is 3.65. The van der Waals surface area contributed by atoms with Crippen LogP contribution in [0.2, 0.25) is 0 Å². The van der Waals surface area contributed by atoms with E-state index in [0.717, 1.165) is 44.9 Å². The number of hydrogen-bond acceptors (Lipinski definition) is 5. The molecule has 0 aliphatic carbocycles. The molecule has 6 nitrogen and oxygen atoms in total. The summed E-state index contributed by atoms with van der Waals surface area (Å²) in [7, 11) is 1.62. The highest BCUT2D eigenvalue weighted by Gasteiger charge is 2.37. The van der Waals surface area contributed by atoms with Gasteiger partial charge in [-0.05, 0) is 24.0 Å². The van der Waals surface area contributed by atoms with Gasteiger partial charge in [-0.15, -0.1) is 0 Å². The zero-order chi connectivity index (χ0) is 18.0. The Morgan fingerprint density at radius 1 is 1.24 bits per heavy atom. The minimum atomic E-state index is -0.147. The zero-order valence-corrected chi connectivity index (χ0v) is 15.8. The molecule has 138 valence electrons. The van der Waals surface area contributed by atoms with Crippen molar-refractivity contribution in [1.29, 1.82) is 0 Å². The van der Waals surface area contributed by atoms with Crippen molar-refractivity contribution in [2.45, 2.75) is 39.3 Å². The number of piperazine rings is 1. The van der Waals surface area contributed by atoms with Gasteiger partial charge in [0.2, 0.25) is 0 Å². The van der Waals surface area contributed by atoms with Crippen LogP contribution in [0.25, 0.3) is 0 Å². The summed E-state index contributed by atoms with van der Waals surface area (Å²) in [6, 6.07) is 4.32. The number of carbonyl (C=O) groups is 1. The standard InChI is InChI=1S/C19H30N4O2/c1-19(2,3)17-11-15(13-25-17)23-9-7-22(8-10-23)14-5-6-16(21-12-14)18(24)20-4/h5-6,12,15,17H,7-11,13H2,1-4H3,(H,20,24). The van der Waals surface area contributed by atoms with Crippen LogP contribution in [-0.2, 0) is 4.74 Å². The normalized spacial score (nSPS) is 25.2. The van der Waals surface area contributed by atoms with Crippen LogP contribution < -0.4 is 10.2 Å². The van der Waals surface area contributed by atoms with Gasteiger partial charge in [0.05, 0.1) is 24.6 Å². The van der Waals surface area contributed by atoms with E-state index >= 15 is 0 Å². The highest BCUT2D eigenvalue weighted by atomic mass is 16.5. The molecule has 3 heterocycles. The molecular formula is C19H30N4O2. The van der Waals surface area contributed by atoms with Gasteiger partial charge in [-0.2, -0.15) is 0 Å². The average molecular weight is 346 g/mol. The van der Waals surface area contributed by atoms with Crippen LogP contribution in [0.1, 0.15) is 37.7 Å². The number of aromatic nitrogens is 1. The van der Waals surface area contributed by atoms with Gasteiger partial charge in [-0.25, -0.2) is 4.98 Å². The maximum Gasteiger partial charge on any atom is 0.269 e. The molecule has 2 fully saturated rings. The first-order valence-corrected chi connectivity index (χ1v) is 9.17. The molecule has 0 radical (unpaired) electrons. The minimum absolute atomic E-state index is 0.147. The average Bonchev–Trinajstić information content (AvgIpc) is 3.12. The molecule has 25 heavy (non-hydrogen) atoms. The number of pyridine rings is 1. The van der Waals surface area contributed by atoms with Crippen LogP contribution >= 0.6 is 0 Å². The second-order valence-corrected chi connectivity index (χ2v) is 8.08. The molecule has 1 aromatic heterocycles. The zero-order valence-electron chi connectivity index (χ0n) is 15.8. The highest BCUT2D eigenvalue weighted by molar-refractivity contribution is 5.92. The lowest BCUT2D eigenvalue weighted by Crippen LogP contribution is -2.50. The van der Waals surface area contributed by atoms with E-state index < -0.39 is 0 Å². The highest BCUT2D eigenvalue weighted by Crippen LogP contribution is 2.32. The lowest BCUT2D eigenvalue weighted by Gasteiger charge is -2.38. The summed E-state index contributed by atoms with van der Waals surface area (Å²) >= 11 is 0. The molecule has 1 N–H and O–H groups in total. The fourth-order valence-corrected chi connectivity index (χ4v) is 3.65. The Hall–Kier alpha value is -1.66. The third-order valence-electron chi connectivity index (χ3n) is 5.35. The van der Waals surface area contributed by atoms with Crippen LogP contribution in [0.3, 0.4) is 0 Å². The summed E-state index contributed by atoms with van der Waals surface area (Å²) in [5, 5.41) is 2.60. The number of rotatable bonds is 3. The number of nitrogens with zero attached hydrogens (tertiary/aromatic N) is 3. The molecule has 2 saturated heterocycles. The topological polar surface area (TPSA) is 57.7 Å². The molecular weight excluding hydrogens is 316 g/mol. The van der Waals surface area contributed by atoms with Crippen LogP contribution in [0.4, 0.5) is 5.69 Å². The summed E-state index contributed by atoms with van der Waals surface area (Å²) in [6.07, 6.45) is 3.29. The quantitative estimate of drug-likeness (QED) is 0.904. The third kappa shape index (κ3) is 4.12. The Morgan fingerprint density at radius 3 is 2.48 bits per heavy atom. The van der Waals surface area contributed by atoms with Crippen molar-refractivity contribution in [2.75, 3.05) is 44.7 Å². The van der Waals surface area contributed by atoms with E-state index in [0.29, 0.717) is 17.8 Å². The van der Waals surface area contributed by atoms with Gasteiger partial charge in [-0.3, -0.25) is 9.69 Å². The van der Waals surface area contributed by atoms with Gasteiger partial charge in [0.1, 0.15) is 5.69 Å². The molecule has 6 heteroatoms. The SMILES string of the molecule is CNC(=O)c1ccc(N2CCN(C3COC(C(C)(C)C)C3)CC2)cn1. The predicted molar refractivity (Wildman–Crippen MR) is 99.0 cm³/mol. The van der Waals surface area contributed by atoms with Gasteiger partial charge >= 0.3 is 0 Å². The Balaban J connectivity index is 1.53. The van der Waals surface area contributed by atoms with E-state index in [1.807, 2.05) is 6.07 Å². The monoisotopic (exact) mass is 346 g/mol. The molecule has 2 aliphatic heterocycles. The number of ether oxygens (including phenoxy) is 1. The molecule has 1 amide bonds. The molecule has 3 rings (SSSR count). The van der Waals surface area contributed by atoms with Gasteiger partial charge in [0.25, 0.3) is 5.91 Å². The molecule has 2 aliphatic rings. The van der Waals surface area contributed by atoms with E-state index in [1.165, 1.54) is 0 Å². The Morgan fingerprint density at radius 2 is 1.96 bits per heavy atom. The first-order valence-electron chi connectivity index (χ1n) is 9.17. The van der Waals surface area contributed by atoms with E-state index in [1.54, 1.807) is 19.3 Å². The number of carbonyl (C=O) groups excluding carboxylic acids is 1. The maximum atomic E-state index is 11.6. The number of hydrogen-bond donors (Lipinski definition) is 1. The Bertz CT molecular complexity index is 588. The predicted octanol–water partition coefficient (Wildman–Crippen LogP) is 1.77. The number of anilines is 1. The maximum absolute atomic E-state index is 11.6. The molecule has 1 aromatic rings. The van der Waals surface area contributed by atoms with E-state index in [2.05, 4.69) is 40.9 Å². The summed E-state index contributed by atoms with van der Waals surface area (Å²) < 4.78 is 6.04. The largest absolute Gasteiger partial charge is 0.376 e. The lowest BCUT2D eigenvalue weighted by atomic mass is 9.86. The molecule has 0 aromatic carbocycles. The summed E-state index contributed by atoms with van der Waals surface area (Å²) in [6.45, 7) is 11.7. The smallest absolute Gasteiger partial charge is 0.269 e. The van der Waals surface area contributed by atoms with Crippen molar-refractivity contribution in [2.24, 2.45) is 5.41 Å². The third-order valence-corrected chi connectivity index (χ3v) is 5.35. The van der Waals surface area contributed by atoms with Crippen molar-refractivity contribution in [3.8, 4) is 0 Å². The van der Waals surface area contributed by atoms with E-state index in [4.69, 9.17) is 4.74 Å². The summed E-state index contributed by atoms with van der Waals surface area (Å²) in [5.41, 5.74) is 1.76. The van der Waals surface area contributed by atoms with Crippen molar-refractivity contribution >= 4 is 11.6 Å². The van der Waals surface area contributed by atoms with E-state index in [9.17, 15) is 4.79 Å². The number of amides is 1. The first-order chi connectivity index (χ1) is 11.9. The van der Waals surface area contributed by atoms with Crippen LogP contribution in [0, 0.1) is 5.41 Å². The molecule has 0 saturated carbocycles. The summed E-state index contributed by atoms with van der Waals surface area (Å²) in [5.74, 6) is -0.147. The molecule has 2 unspecified atom stereocenters. The van der Waals surface area contributed by atoms with Crippen molar-refractivity contribution in [3.05, 3.63) is 24.0 Å². The van der Waals surface area contributed by atoms with Crippen LogP contribution in [0.5, 0.6) is 0 Å². The fraction of sp³-hybridized carbons (Fsp3) is 0.684. The van der Waals surface area contributed by atoms with Crippen LogP contribution in [-0.4, -0.2) is 67.8 Å². The summed E-state index contributed by atoms with van der Waals surface area (Å²) in [4.78, 5) is 20.8. The molecule has 0 bridgehead atoms. The Labute approximate surface area is 150 Å². The van der Waals surface area contributed by atoms with Crippen LogP contribution in [0.15, 0.2) is 18.3 Å². The van der Waals surface area contributed by atoms with Crippen molar-refractivity contribution < 1.29 is 9.53 Å². The van der Waals surface area contributed by atoms with Gasteiger partial charge < -0.3 is 15.0 Å². The minimum Gasteiger partial charge on any atom is -0.376 e.